The van der Waals surface area contributed by atoms with Gasteiger partial charge < -0.3 is 14.2 Å². The Hall–Kier alpha value is -1.59. The van der Waals surface area contributed by atoms with Gasteiger partial charge in [0.05, 0.1) is 0 Å². The molecule has 0 rings (SSSR count). The number of hydrogen-bond donors (Lipinski definition) is 0. The molecule has 0 spiro atoms. The van der Waals surface area contributed by atoms with E-state index in [1.54, 1.807) is 0 Å². The number of esters is 3. The molecule has 0 aromatic carbocycles. The number of carbonyl (C=O) groups excluding carboxylic acids is 3. The third kappa shape index (κ3) is 47.3. The SMILES string of the molecule is CCCCCCCCCCCCCC(=O)OC[C@H](COC(=O)CCCCCCCCCCCCCCCC(C)C)OC(=O)CCCCCCCCCCCCCC(C)C. The summed E-state index contributed by atoms with van der Waals surface area (Å²) < 4.78 is 16.8. The van der Waals surface area contributed by atoms with E-state index in [4.69, 9.17) is 14.2 Å². The first-order valence-corrected chi connectivity index (χ1v) is 26.2. The van der Waals surface area contributed by atoms with Crippen LogP contribution >= 0.6 is 0 Å². The molecule has 0 unspecified atom stereocenters. The number of hydrogen-bond acceptors (Lipinski definition) is 6. The maximum absolute atomic E-state index is 12.8. The van der Waals surface area contributed by atoms with E-state index in [9.17, 15) is 14.4 Å². The van der Waals surface area contributed by atoms with Gasteiger partial charge in [0, 0.05) is 19.3 Å². The van der Waals surface area contributed by atoms with Crippen molar-refractivity contribution >= 4 is 17.9 Å². The largest absolute Gasteiger partial charge is 0.462 e. The van der Waals surface area contributed by atoms with Crippen LogP contribution in [-0.4, -0.2) is 37.2 Å². The molecule has 0 saturated carbocycles. The second kappa shape index (κ2) is 45.9. The van der Waals surface area contributed by atoms with Crippen LogP contribution in [0.3, 0.4) is 0 Å². The minimum absolute atomic E-state index is 0.0635. The molecule has 0 radical (unpaired) electrons. The summed E-state index contributed by atoms with van der Waals surface area (Å²) in [5.41, 5.74) is 0. The van der Waals surface area contributed by atoms with Gasteiger partial charge in [-0.1, -0.05) is 253 Å². The van der Waals surface area contributed by atoms with E-state index >= 15 is 0 Å². The number of unbranched alkanes of at least 4 members (excludes halogenated alkanes) is 32. The Bertz CT molecular complexity index is 900. The molecule has 59 heavy (non-hydrogen) atoms. The van der Waals surface area contributed by atoms with Gasteiger partial charge in [0.2, 0.25) is 0 Å². The molecule has 0 heterocycles. The highest BCUT2D eigenvalue weighted by atomic mass is 16.6. The minimum Gasteiger partial charge on any atom is -0.462 e. The average Bonchev–Trinajstić information content (AvgIpc) is 3.20. The summed E-state index contributed by atoms with van der Waals surface area (Å²) in [5, 5.41) is 0. The van der Waals surface area contributed by atoms with Gasteiger partial charge in [-0.25, -0.2) is 0 Å². The predicted octanol–water partition coefficient (Wildman–Crippen LogP) is 16.9. The molecule has 0 aliphatic carbocycles. The highest BCUT2D eigenvalue weighted by Crippen LogP contribution is 2.17. The van der Waals surface area contributed by atoms with Crippen molar-refractivity contribution in [1.82, 2.24) is 0 Å². The van der Waals surface area contributed by atoms with Crippen molar-refractivity contribution in [3.63, 3.8) is 0 Å². The first-order chi connectivity index (χ1) is 28.7. The lowest BCUT2D eigenvalue weighted by atomic mass is 10.0. The van der Waals surface area contributed by atoms with E-state index in [1.165, 1.54) is 180 Å². The van der Waals surface area contributed by atoms with Gasteiger partial charge >= 0.3 is 17.9 Å². The first kappa shape index (κ1) is 57.4. The van der Waals surface area contributed by atoms with Crippen LogP contribution in [0.5, 0.6) is 0 Å². The molecule has 6 nitrogen and oxygen atoms in total. The maximum atomic E-state index is 12.8. The summed E-state index contributed by atoms with van der Waals surface area (Å²) in [4.78, 5) is 37.9. The fourth-order valence-electron chi connectivity index (χ4n) is 7.99. The molecule has 0 amide bonds. The third-order valence-electron chi connectivity index (χ3n) is 12.0. The molecule has 0 aromatic rings. The lowest BCUT2D eigenvalue weighted by molar-refractivity contribution is -0.167. The van der Waals surface area contributed by atoms with E-state index < -0.39 is 6.10 Å². The van der Waals surface area contributed by atoms with E-state index in [0.717, 1.165) is 69.6 Å². The van der Waals surface area contributed by atoms with Crippen molar-refractivity contribution in [1.29, 1.82) is 0 Å². The number of ether oxygens (including phenoxy) is 3. The zero-order valence-corrected chi connectivity index (χ0v) is 40.4. The zero-order valence-electron chi connectivity index (χ0n) is 40.4. The molecule has 0 saturated heterocycles. The van der Waals surface area contributed by atoms with Gasteiger partial charge in [0.15, 0.2) is 6.10 Å². The molecular formula is C53H102O6. The van der Waals surface area contributed by atoms with E-state index in [-0.39, 0.29) is 31.1 Å². The van der Waals surface area contributed by atoms with Crippen molar-refractivity contribution < 1.29 is 28.6 Å². The molecule has 0 aromatic heterocycles. The van der Waals surface area contributed by atoms with Gasteiger partial charge in [-0.3, -0.25) is 14.4 Å². The van der Waals surface area contributed by atoms with Crippen molar-refractivity contribution in [2.45, 2.75) is 298 Å². The highest BCUT2D eigenvalue weighted by molar-refractivity contribution is 5.71. The monoisotopic (exact) mass is 835 g/mol. The Kier molecular flexibility index (Phi) is 44.7. The van der Waals surface area contributed by atoms with Gasteiger partial charge in [0.1, 0.15) is 13.2 Å². The van der Waals surface area contributed by atoms with Crippen LogP contribution in [0.25, 0.3) is 0 Å². The van der Waals surface area contributed by atoms with Crippen molar-refractivity contribution in [3.8, 4) is 0 Å². The van der Waals surface area contributed by atoms with Gasteiger partial charge in [0.25, 0.3) is 0 Å². The predicted molar refractivity (Wildman–Crippen MR) is 252 cm³/mol. The van der Waals surface area contributed by atoms with Gasteiger partial charge in [-0.2, -0.15) is 0 Å². The maximum Gasteiger partial charge on any atom is 0.306 e. The Labute approximate surface area is 368 Å². The van der Waals surface area contributed by atoms with Crippen LogP contribution in [0, 0.1) is 11.8 Å². The van der Waals surface area contributed by atoms with E-state index in [1.807, 2.05) is 0 Å². The Morgan fingerprint density at radius 1 is 0.322 bits per heavy atom. The lowest BCUT2D eigenvalue weighted by Gasteiger charge is -2.18. The third-order valence-corrected chi connectivity index (χ3v) is 12.0. The molecule has 350 valence electrons. The molecule has 0 aliphatic heterocycles. The Morgan fingerprint density at radius 3 is 0.831 bits per heavy atom. The van der Waals surface area contributed by atoms with Crippen LogP contribution in [0.15, 0.2) is 0 Å². The van der Waals surface area contributed by atoms with Crippen molar-refractivity contribution in [3.05, 3.63) is 0 Å². The summed E-state index contributed by atoms with van der Waals surface area (Å²) in [6.07, 6.45) is 46.6. The highest BCUT2D eigenvalue weighted by Gasteiger charge is 2.19. The first-order valence-electron chi connectivity index (χ1n) is 26.2. The topological polar surface area (TPSA) is 78.9 Å². The summed E-state index contributed by atoms with van der Waals surface area (Å²) >= 11 is 0. The molecule has 1 atom stereocenters. The van der Waals surface area contributed by atoms with E-state index in [0.29, 0.717) is 19.3 Å². The molecule has 0 N–H and O–H groups in total. The summed E-state index contributed by atoms with van der Waals surface area (Å²) in [5.74, 6) is 0.817. The number of carbonyl (C=O) groups is 3. The van der Waals surface area contributed by atoms with Crippen LogP contribution in [0.4, 0.5) is 0 Å². The number of rotatable bonds is 47. The fourth-order valence-corrected chi connectivity index (χ4v) is 7.99. The fraction of sp³-hybridized carbons (Fsp3) is 0.943. The molecular weight excluding hydrogens is 733 g/mol. The molecule has 0 aliphatic rings. The zero-order chi connectivity index (χ0) is 43.3. The van der Waals surface area contributed by atoms with Gasteiger partial charge in [-0.15, -0.1) is 0 Å². The van der Waals surface area contributed by atoms with Gasteiger partial charge in [-0.05, 0) is 31.1 Å². The minimum atomic E-state index is -0.761. The summed E-state index contributed by atoms with van der Waals surface area (Å²) in [7, 11) is 0. The standard InChI is InChI=1S/C53H102O6/c1-6-7-8-9-10-11-16-23-28-33-38-43-51(54)57-46-50(59-53(56)45-40-35-30-25-20-15-18-22-27-32-37-42-49(4)5)47-58-52(55)44-39-34-29-24-19-14-12-13-17-21-26-31-36-41-48(2)3/h48-50H,6-47H2,1-5H3/t50-/m1/s1. The Balaban J connectivity index is 4.30. The quantitative estimate of drug-likeness (QED) is 0.0345. The van der Waals surface area contributed by atoms with Crippen molar-refractivity contribution in [2.24, 2.45) is 11.8 Å². The van der Waals surface area contributed by atoms with Crippen LogP contribution in [0.2, 0.25) is 0 Å². The Morgan fingerprint density at radius 2 is 0.559 bits per heavy atom. The lowest BCUT2D eigenvalue weighted by Crippen LogP contribution is -2.30. The normalized spacial score (nSPS) is 12.1. The molecule has 6 heteroatoms. The molecule has 0 fully saturated rings. The molecule has 0 bridgehead atoms. The average molecular weight is 835 g/mol. The summed E-state index contributed by atoms with van der Waals surface area (Å²) in [6.45, 7) is 11.4. The smallest absolute Gasteiger partial charge is 0.306 e. The van der Waals surface area contributed by atoms with Crippen LogP contribution < -0.4 is 0 Å². The van der Waals surface area contributed by atoms with Crippen LogP contribution in [0.1, 0.15) is 291 Å². The second-order valence-corrected chi connectivity index (χ2v) is 19.1. The van der Waals surface area contributed by atoms with Crippen molar-refractivity contribution in [2.75, 3.05) is 13.2 Å². The summed E-state index contributed by atoms with van der Waals surface area (Å²) in [6, 6.07) is 0. The van der Waals surface area contributed by atoms with Crippen LogP contribution in [-0.2, 0) is 28.6 Å². The van der Waals surface area contributed by atoms with E-state index in [2.05, 4.69) is 34.6 Å². The second-order valence-electron chi connectivity index (χ2n) is 19.1.